The van der Waals surface area contributed by atoms with Gasteiger partial charge in [-0.15, -0.1) is 0 Å². The van der Waals surface area contributed by atoms with Crippen LogP contribution in [0.5, 0.6) is 0 Å². The van der Waals surface area contributed by atoms with Crippen molar-refractivity contribution in [1.29, 1.82) is 0 Å². The molecule has 5 heteroatoms. The fourth-order valence-electron chi connectivity index (χ4n) is 4.03. The zero-order valence-corrected chi connectivity index (χ0v) is 15.3. The Morgan fingerprint density at radius 1 is 1.00 bits per heavy atom. The number of piperazine rings is 1. The Morgan fingerprint density at radius 3 is 2.54 bits per heavy atom. The molecule has 3 heterocycles. The SMILES string of the molecule is CN1CCN(c2ncccc2[C@H]2CCCN2C(=O)c2ccccc2)CC1. The van der Waals surface area contributed by atoms with Gasteiger partial charge in [0.2, 0.25) is 0 Å². The number of hydrogen-bond acceptors (Lipinski definition) is 4. The first-order valence-electron chi connectivity index (χ1n) is 9.48. The van der Waals surface area contributed by atoms with E-state index in [4.69, 9.17) is 4.98 Å². The molecule has 1 amide bonds. The number of anilines is 1. The summed E-state index contributed by atoms with van der Waals surface area (Å²) >= 11 is 0. The first kappa shape index (κ1) is 17.0. The van der Waals surface area contributed by atoms with Gasteiger partial charge >= 0.3 is 0 Å². The lowest BCUT2D eigenvalue weighted by Gasteiger charge is -2.36. The van der Waals surface area contributed by atoms with E-state index in [1.165, 1.54) is 5.56 Å². The van der Waals surface area contributed by atoms with Crippen LogP contribution in [0.1, 0.15) is 34.8 Å². The Balaban J connectivity index is 1.61. The Hall–Kier alpha value is -2.40. The molecule has 0 radical (unpaired) electrons. The number of benzene rings is 1. The summed E-state index contributed by atoms with van der Waals surface area (Å²) in [5.74, 6) is 1.18. The Kier molecular flexibility index (Phi) is 4.89. The summed E-state index contributed by atoms with van der Waals surface area (Å²) in [5.41, 5.74) is 1.96. The minimum atomic E-state index is 0.117. The van der Waals surface area contributed by atoms with Crippen LogP contribution < -0.4 is 4.90 Å². The third kappa shape index (κ3) is 3.31. The number of nitrogens with zero attached hydrogens (tertiary/aromatic N) is 4. The maximum Gasteiger partial charge on any atom is 0.254 e. The highest BCUT2D eigenvalue weighted by molar-refractivity contribution is 5.94. The molecule has 5 nitrogen and oxygen atoms in total. The smallest absolute Gasteiger partial charge is 0.254 e. The first-order chi connectivity index (χ1) is 12.7. The fourth-order valence-corrected chi connectivity index (χ4v) is 4.03. The van der Waals surface area contributed by atoms with Crippen molar-refractivity contribution in [3.05, 3.63) is 59.8 Å². The Labute approximate surface area is 155 Å². The Morgan fingerprint density at radius 2 is 1.77 bits per heavy atom. The number of likely N-dealkylation sites (N-methyl/N-ethyl adjacent to an activating group) is 1. The predicted octanol–water partition coefficient (Wildman–Crippen LogP) is 2.81. The standard InChI is InChI=1S/C21H26N4O/c1-23-13-15-24(16-14-23)20-18(9-5-11-22-20)19-10-6-12-25(19)21(26)17-7-3-2-4-8-17/h2-5,7-9,11,19H,6,10,12-16H2,1H3/t19-/m1/s1. The second-order valence-corrected chi connectivity index (χ2v) is 7.23. The fraction of sp³-hybridized carbons (Fsp3) is 0.429. The molecule has 2 saturated heterocycles. The largest absolute Gasteiger partial charge is 0.354 e. The highest BCUT2D eigenvalue weighted by Crippen LogP contribution is 2.37. The molecule has 0 saturated carbocycles. The van der Waals surface area contributed by atoms with E-state index in [0.29, 0.717) is 0 Å². The topological polar surface area (TPSA) is 39.7 Å². The average molecular weight is 350 g/mol. The van der Waals surface area contributed by atoms with E-state index < -0.39 is 0 Å². The monoisotopic (exact) mass is 350 g/mol. The molecular formula is C21H26N4O. The highest BCUT2D eigenvalue weighted by atomic mass is 16.2. The normalized spacial score (nSPS) is 21.2. The zero-order chi connectivity index (χ0) is 17.9. The predicted molar refractivity (Wildman–Crippen MR) is 103 cm³/mol. The number of carbonyl (C=O) groups excluding carboxylic acids is 1. The van der Waals surface area contributed by atoms with E-state index in [1.807, 2.05) is 47.5 Å². The molecular weight excluding hydrogens is 324 g/mol. The van der Waals surface area contributed by atoms with Crippen molar-refractivity contribution in [2.45, 2.75) is 18.9 Å². The minimum Gasteiger partial charge on any atom is -0.354 e. The number of hydrogen-bond donors (Lipinski definition) is 0. The summed E-state index contributed by atoms with van der Waals surface area (Å²) in [4.78, 5) is 24.5. The summed E-state index contributed by atoms with van der Waals surface area (Å²) in [6.07, 6.45) is 3.92. The third-order valence-electron chi connectivity index (χ3n) is 5.51. The van der Waals surface area contributed by atoms with Crippen LogP contribution in [0.3, 0.4) is 0 Å². The molecule has 136 valence electrons. The molecule has 0 spiro atoms. The van der Waals surface area contributed by atoms with Gasteiger partial charge in [0.25, 0.3) is 5.91 Å². The molecule has 1 aromatic heterocycles. The number of rotatable bonds is 3. The molecule has 1 aromatic carbocycles. The van der Waals surface area contributed by atoms with Gasteiger partial charge in [0, 0.05) is 50.0 Å². The second-order valence-electron chi connectivity index (χ2n) is 7.23. The number of pyridine rings is 1. The van der Waals surface area contributed by atoms with Crippen LogP contribution >= 0.6 is 0 Å². The van der Waals surface area contributed by atoms with Crippen molar-refractivity contribution >= 4 is 11.7 Å². The van der Waals surface area contributed by atoms with Crippen LogP contribution in [0.25, 0.3) is 0 Å². The zero-order valence-electron chi connectivity index (χ0n) is 15.3. The molecule has 2 aliphatic heterocycles. The molecule has 0 unspecified atom stereocenters. The van der Waals surface area contributed by atoms with Crippen LogP contribution in [0, 0.1) is 0 Å². The summed E-state index contributed by atoms with van der Waals surface area (Å²) < 4.78 is 0. The van der Waals surface area contributed by atoms with Gasteiger partial charge < -0.3 is 14.7 Å². The van der Waals surface area contributed by atoms with Gasteiger partial charge in [-0.05, 0) is 38.1 Å². The van der Waals surface area contributed by atoms with Crippen LogP contribution in [0.15, 0.2) is 48.7 Å². The molecule has 0 N–H and O–H groups in total. The van der Waals surface area contributed by atoms with Crippen LogP contribution in [-0.4, -0.2) is 60.5 Å². The van der Waals surface area contributed by atoms with Crippen molar-refractivity contribution in [2.75, 3.05) is 44.7 Å². The van der Waals surface area contributed by atoms with E-state index in [2.05, 4.69) is 22.9 Å². The van der Waals surface area contributed by atoms with Gasteiger partial charge in [0.15, 0.2) is 0 Å². The number of likely N-dealkylation sites (tertiary alicyclic amines) is 1. The molecule has 26 heavy (non-hydrogen) atoms. The average Bonchev–Trinajstić information content (AvgIpc) is 3.18. The van der Waals surface area contributed by atoms with E-state index >= 15 is 0 Å². The number of carbonyl (C=O) groups is 1. The van der Waals surface area contributed by atoms with Gasteiger partial charge in [-0.3, -0.25) is 4.79 Å². The maximum atomic E-state index is 13.0. The lowest BCUT2D eigenvalue weighted by molar-refractivity contribution is 0.0735. The molecule has 0 bridgehead atoms. The summed E-state index contributed by atoms with van der Waals surface area (Å²) in [6.45, 7) is 4.88. The minimum absolute atomic E-state index is 0.117. The van der Waals surface area contributed by atoms with Crippen molar-refractivity contribution in [3.8, 4) is 0 Å². The van der Waals surface area contributed by atoms with Crippen molar-refractivity contribution in [3.63, 3.8) is 0 Å². The Bertz CT molecular complexity index is 756. The maximum absolute atomic E-state index is 13.0. The van der Waals surface area contributed by atoms with E-state index in [1.54, 1.807) is 0 Å². The van der Waals surface area contributed by atoms with Crippen LogP contribution in [-0.2, 0) is 0 Å². The van der Waals surface area contributed by atoms with Gasteiger partial charge in [-0.2, -0.15) is 0 Å². The first-order valence-corrected chi connectivity index (χ1v) is 9.48. The molecule has 4 rings (SSSR count). The molecule has 0 aliphatic carbocycles. The highest BCUT2D eigenvalue weighted by Gasteiger charge is 2.33. The molecule has 2 aromatic rings. The van der Waals surface area contributed by atoms with Gasteiger partial charge in [0.05, 0.1) is 6.04 Å². The molecule has 2 fully saturated rings. The number of aromatic nitrogens is 1. The van der Waals surface area contributed by atoms with E-state index in [-0.39, 0.29) is 11.9 Å². The molecule has 2 aliphatic rings. The van der Waals surface area contributed by atoms with Gasteiger partial charge in [0.1, 0.15) is 5.82 Å². The molecule has 1 atom stereocenters. The van der Waals surface area contributed by atoms with E-state index in [9.17, 15) is 4.79 Å². The lowest BCUT2D eigenvalue weighted by Crippen LogP contribution is -2.45. The van der Waals surface area contributed by atoms with Crippen LogP contribution in [0.4, 0.5) is 5.82 Å². The van der Waals surface area contributed by atoms with E-state index in [0.717, 1.165) is 56.9 Å². The summed E-state index contributed by atoms with van der Waals surface area (Å²) in [5, 5.41) is 0. The quantitative estimate of drug-likeness (QED) is 0.853. The summed E-state index contributed by atoms with van der Waals surface area (Å²) in [6, 6.07) is 13.9. The van der Waals surface area contributed by atoms with Gasteiger partial charge in [-0.25, -0.2) is 4.98 Å². The summed E-state index contributed by atoms with van der Waals surface area (Å²) in [7, 11) is 2.16. The van der Waals surface area contributed by atoms with Gasteiger partial charge in [-0.1, -0.05) is 24.3 Å². The number of amides is 1. The van der Waals surface area contributed by atoms with Crippen molar-refractivity contribution in [2.24, 2.45) is 0 Å². The lowest BCUT2D eigenvalue weighted by atomic mass is 10.0. The van der Waals surface area contributed by atoms with Crippen molar-refractivity contribution in [1.82, 2.24) is 14.8 Å². The second kappa shape index (κ2) is 7.46. The van der Waals surface area contributed by atoms with Crippen LogP contribution in [0.2, 0.25) is 0 Å². The van der Waals surface area contributed by atoms with Crippen molar-refractivity contribution < 1.29 is 4.79 Å². The third-order valence-corrected chi connectivity index (χ3v) is 5.51.